The van der Waals surface area contributed by atoms with Gasteiger partial charge in [0.1, 0.15) is 11.4 Å². The van der Waals surface area contributed by atoms with Crippen molar-refractivity contribution >= 4 is 29.2 Å². The molecule has 0 unspecified atom stereocenters. The van der Waals surface area contributed by atoms with E-state index < -0.39 is 11.7 Å². The molecule has 0 saturated carbocycles. The summed E-state index contributed by atoms with van der Waals surface area (Å²) < 4.78 is 5.20. The van der Waals surface area contributed by atoms with E-state index in [1.807, 2.05) is 0 Å². The molecular weight excluding hydrogens is 292 g/mol. The molecule has 0 aliphatic rings. The van der Waals surface area contributed by atoms with Crippen LogP contribution in [0.15, 0.2) is 24.4 Å². The van der Waals surface area contributed by atoms with Gasteiger partial charge in [-0.1, -0.05) is 17.7 Å². The number of nitrogen functional groups attached to an aromatic ring is 1. The number of rotatable bonds is 2. The van der Waals surface area contributed by atoms with E-state index in [1.165, 1.54) is 0 Å². The number of nitrogens with two attached hydrogens (primary N) is 1. The molecule has 1 aromatic heterocycles. The van der Waals surface area contributed by atoms with E-state index in [2.05, 4.69) is 15.5 Å². The van der Waals surface area contributed by atoms with Crippen LogP contribution in [0.4, 0.5) is 16.3 Å². The third-order valence-corrected chi connectivity index (χ3v) is 2.91. The van der Waals surface area contributed by atoms with Gasteiger partial charge in [0.15, 0.2) is 0 Å². The molecule has 0 aliphatic carbocycles. The Kier molecular flexibility index (Phi) is 4.09. The molecule has 0 spiro atoms. The van der Waals surface area contributed by atoms with Crippen molar-refractivity contribution in [1.82, 2.24) is 10.2 Å². The van der Waals surface area contributed by atoms with Crippen LogP contribution < -0.4 is 11.1 Å². The molecule has 0 bridgehead atoms. The van der Waals surface area contributed by atoms with Gasteiger partial charge < -0.3 is 10.5 Å². The Bertz CT molecular complexity index is 661. The monoisotopic (exact) mass is 308 g/mol. The topological polar surface area (TPSA) is 93.0 Å². The van der Waals surface area contributed by atoms with Gasteiger partial charge in [-0.3, -0.25) is 10.4 Å². The van der Waals surface area contributed by atoms with Gasteiger partial charge in [-0.2, -0.15) is 5.10 Å². The number of benzene rings is 1. The lowest BCUT2D eigenvalue weighted by Crippen LogP contribution is -2.27. The Hall–Kier alpha value is -2.21. The van der Waals surface area contributed by atoms with Crippen LogP contribution in [0.25, 0.3) is 11.1 Å². The molecule has 2 aromatic rings. The van der Waals surface area contributed by atoms with Crippen LogP contribution in [0, 0.1) is 0 Å². The van der Waals surface area contributed by atoms with Crippen molar-refractivity contribution in [1.29, 1.82) is 0 Å². The molecule has 0 fully saturated rings. The maximum absolute atomic E-state index is 11.8. The van der Waals surface area contributed by atoms with Crippen LogP contribution in [-0.2, 0) is 4.74 Å². The van der Waals surface area contributed by atoms with Gasteiger partial charge in [0.25, 0.3) is 0 Å². The number of hydrogen-bond acceptors (Lipinski definition) is 4. The minimum atomic E-state index is -0.580. The Morgan fingerprint density at radius 1 is 1.43 bits per heavy atom. The number of ether oxygens (including phenoxy) is 1. The maximum atomic E-state index is 11.8. The molecule has 2 rings (SSSR count). The number of aromatic amines is 1. The first-order valence-corrected chi connectivity index (χ1v) is 6.73. The zero-order chi connectivity index (χ0) is 15.6. The van der Waals surface area contributed by atoms with Crippen molar-refractivity contribution < 1.29 is 9.53 Å². The van der Waals surface area contributed by atoms with Gasteiger partial charge in [0.2, 0.25) is 0 Å². The molecule has 4 N–H and O–H groups in total. The minimum absolute atomic E-state index is 0.409. The van der Waals surface area contributed by atoms with Gasteiger partial charge in [-0.05, 0) is 38.5 Å². The lowest BCUT2D eigenvalue weighted by Gasteiger charge is -2.20. The lowest BCUT2D eigenvalue weighted by molar-refractivity contribution is 0.0636. The number of nitrogens with zero attached hydrogens (tertiary/aromatic N) is 1. The molecule has 7 heteroatoms. The lowest BCUT2D eigenvalue weighted by atomic mass is 10.1. The number of hydrogen-bond donors (Lipinski definition) is 3. The highest BCUT2D eigenvalue weighted by Gasteiger charge is 2.17. The van der Waals surface area contributed by atoms with Gasteiger partial charge >= 0.3 is 6.09 Å². The van der Waals surface area contributed by atoms with E-state index in [4.69, 9.17) is 22.1 Å². The highest BCUT2D eigenvalue weighted by Crippen LogP contribution is 2.31. The molecule has 6 nitrogen and oxygen atoms in total. The summed E-state index contributed by atoms with van der Waals surface area (Å²) in [6, 6.07) is 5.19. The van der Waals surface area contributed by atoms with E-state index in [9.17, 15) is 4.79 Å². The molecule has 0 aliphatic heterocycles. The summed E-state index contributed by atoms with van der Waals surface area (Å²) in [5.74, 6) is 0.445. The number of carbonyl (C=O) groups is 1. The van der Waals surface area contributed by atoms with E-state index >= 15 is 0 Å². The SMILES string of the molecule is CC(C)(C)OC(=O)Nc1cc(-c2cn[nH]c2N)ccc1Cl. The Labute approximate surface area is 127 Å². The number of halogens is 1. The normalized spacial score (nSPS) is 11.2. The standard InChI is InChI=1S/C14H17ClN4O2/c1-14(2,3)21-13(20)18-11-6-8(4-5-10(11)15)9-7-17-19-12(9)16/h4-7H,1-3H3,(H,18,20)(H3,16,17,19). The molecule has 21 heavy (non-hydrogen) atoms. The minimum Gasteiger partial charge on any atom is -0.444 e. The molecular formula is C14H17ClN4O2. The fraction of sp³-hybridized carbons (Fsp3) is 0.286. The average molecular weight is 309 g/mol. The summed E-state index contributed by atoms with van der Waals surface area (Å²) >= 11 is 6.09. The van der Waals surface area contributed by atoms with Crippen LogP contribution >= 0.6 is 11.6 Å². The third-order valence-electron chi connectivity index (χ3n) is 2.58. The molecule has 1 amide bonds. The summed E-state index contributed by atoms with van der Waals surface area (Å²) in [7, 11) is 0. The van der Waals surface area contributed by atoms with Crippen LogP contribution in [0.3, 0.4) is 0 Å². The van der Waals surface area contributed by atoms with Crippen molar-refractivity contribution in [3.05, 3.63) is 29.4 Å². The van der Waals surface area contributed by atoms with Crippen LogP contribution in [0.5, 0.6) is 0 Å². The first-order valence-electron chi connectivity index (χ1n) is 6.35. The zero-order valence-electron chi connectivity index (χ0n) is 12.0. The summed E-state index contributed by atoms with van der Waals surface area (Å²) in [5.41, 5.74) is 7.17. The highest BCUT2D eigenvalue weighted by molar-refractivity contribution is 6.33. The van der Waals surface area contributed by atoms with Crippen molar-refractivity contribution in [3.8, 4) is 11.1 Å². The number of aromatic nitrogens is 2. The van der Waals surface area contributed by atoms with Gasteiger partial charge in [-0.25, -0.2) is 4.79 Å². The fourth-order valence-electron chi connectivity index (χ4n) is 1.73. The maximum Gasteiger partial charge on any atom is 0.412 e. The van der Waals surface area contributed by atoms with Crippen molar-refractivity contribution in [3.63, 3.8) is 0 Å². The quantitative estimate of drug-likeness (QED) is 0.789. The van der Waals surface area contributed by atoms with E-state index in [-0.39, 0.29) is 0 Å². The third kappa shape index (κ3) is 3.88. The first-order chi connectivity index (χ1) is 9.76. The van der Waals surface area contributed by atoms with E-state index in [0.29, 0.717) is 16.5 Å². The van der Waals surface area contributed by atoms with Crippen molar-refractivity contribution in [2.75, 3.05) is 11.1 Å². The molecule has 0 radical (unpaired) electrons. The molecule has 0 saturated heterocycles. The summed E-state index contributed by atoms with van der Waals surface area (Å²) in [6.07, 6.45) is 1.04. The molecule has 1 heterocycles. The smallest absolute Gasteiger partial charge is 0.412 e. The van der Waals surface area contributed by atoms with Gasteiger partial charge in [-0.15, -0.1) is 0 Å². The summed E-state index contributed by atoms with van der Waals surface area (Å²) in [4.78, 5) is 11.8. The molecule has 0 atom stereocenters. The number of carbonyl (C=O) groups excluding carboxylic acids is 1. The van der Waals surface area contributed by atoms with Gasteiger partial charge in [0.05, 0.1) is 16.9 Å². The van der Waals surface area contributed by atoms with E-state index in [1.54, 1.807) is 45.2 Å². The second-order valence-electron chi connectivity index (χ2n) is 5.52. The predicted molar refractivity (Wildman–Crippen MR) is 83.3 cm³/mol. The summed E-state index contributed by atoms with van der Waals surface area (Å²) in [6.45, 7) is 5.37. The Balaban J connectivity index is 2.24. The fourth-order valence-corrected chi connectivity index (χ4v) is 1.89. The van der Waals surface area contributed by atoms with Crippen molar-refractivity contribution in [2.24, 2.45) is 0 Å². The zero-order valence-corrected chi connectivity index (χ0v) is 12.8. The number of nitrogens with one attached hydrogen (secondary N) is 2. The molecule has 1 aromatic carbocycles. The Morgan fingerprint density at radius 3 is 2.71 bits per heavy atom. The van der Waals surface area contributed by atoms with Crippen LogP contribution in [0.2, 0.25) is 5.02 Å². The average Bonchev–Trinajstić information content (AvgIpc) is 2.76. The number of anilines is 2. The van der Waals surface area contributed by atoms with Crippen LogP contribution in [0.1, 0.15) is 20.8 Å². The molecule has 112 valence electrons. The van der Waals surface area contributed by atoms with Gasteiger partial charge in [0, 0.05) is 5.56 Å². The number of amides is 1. The number of H-pyrrole nitrogens is 1. The highest BCUT2D eigenvalue weighted by atomic mass is 35.5. The predicted octanol–water partition coefficient (Wildman–Crippen LogP) is 3.66. The second kappa shape index (κ2) is 5.65. The first kappa shape index (κ1) is 15.2. The Morgan fingerprint density at radius 2 is 2.14 bits per heavy atom. The van der Waals surface area contributed by atoms with Crippen LogP contribution in [-0.4, -0.2) is 21.9 Å². The largest absolute Gasteiger partial charge is 0.444 e. The summed E-state index contributed by atoms with van der Waals surface area (Å²) in [5, 5.41) is 9.55. The second-order valence-corrected chi connectivity index (χ2v) is 5.93. The van der Waals surface area contributed by atoms with Crippen molar-refractivity contribution in [2.45, 2.75) is 26.4 Å². The van der Waals surface area contributed by atoms with E-state index in [0.717, 1.165) is 11.1 Å².